The summed E-state index contributed by atoms with van der Waals surface area (Å²) >= 11 is 0. The fourth-order valence-electron chi connectivity index (χ4n) is 2.47. The van der Waals surface area contributed by atoms with E-state index in [9.17, 15) is 10.1 Å². The molecule has 1 aromatic heterocycles. The Hall–Kier alpha value is -3.15. The van der Waals surface area contributed by atoms with Crippen molar-refractivity contribution in [3.63, 3.8) is 0 Å². The van der Waals surface area contributed by atoms with E-state index in [0.717, 1.165) is 10.9 Å². The second-order valence-electron chi connectivity index (χ2n) is 5.07. The lowest BCUT2D eigenvalue weighted by Gasteiger charge is -2.10. The lowest BCUT2D eigenvalue weighted by molar-refractivity contribution is -0.383. The Bertz CT molecular complexity index is 865. The molecule has 3 rings (SSSR count). The normalized spacial score (nSPS) is 10.6. The van der Waals surface area contributed by atoms with E-state index in [4.69, 9.17) is 10.5 Å². The number of hydrogen-bond acceptors (Lipinski definition) is 5. The van der Waals surface area contributed by atoms with Crippen molar-refractivity contribution in [3.05, 3.63) is 70.4 Å². The zero-order valence-corrected chi connectivity index (χ0v) is 12.3. The number of benzene rings is 2. The van der Waals surface area contributed by atoms with Gasteiger partial charge in [-0.15, -0.1) is 0 Å². The number of hydrogen-bond donors (Lipinski definition) is 1. The zero-order chi connectivity index (χ0) is 16.2. The summed E-state index contributed by atoms with van der Waals surface area (Å²) < 4.78 is 5.81. The largest absolute Gasteiger partial charge is 0.493 e. The van der Waals surface area contributed by atoms with Gasteiger partial charge in [0.15, 0.2) is 0 Å². The number of nitrogen functional groups attached to an aromatic ring is 1. The first-order chi connectivity index (χ1) is 11.1. The molecule has 6 nitrogen and oxygen atoms in total. The first-order valence-corrected chi connectivity index (χ1v) is 7.14. The number of non-ortho nitro benzene ring substituents is 1. The number of ether oxygens (including phenoxy) is 1. The Morgan fingerprint density at radius 2 is 1.91 bits per heavy atom. The van der Waals surface area contributed by atoms with Crippen LogP contribution in [0, 0.1) is 10.1 Å². The van der Waals surface area contributed by atoms with Crippen LogP contribution in [-0.4, -0.2) is 16.5 Å². The van der Waals surface area contributed by atoms with Crippen molar-refractivity contribution in [2.75, 3.05) is 12.3 Å². The van der Waals surface area contributed by atoms with Crippen molar-refractivity contribution in [2.24, 2.45) is 0 Å². The van der Waals surface area contributed by atoms with Gasteiger partial charge in [-0.25, -0.2) is 4.98 Å². The fourth-order valence-corrected chi connectivity index (χ4v) is 2.47. The van der Waals surface area contributed by atoms with Gasteiger partial charge in [0.1, 0.15) is 11.6 Å². The minimum Gasteiger partial charge on any atom is -0.493 e. The van der Waals surface area contributed by atoms with Crippen LogP contribution in [0.25, 0.3) is 10.8 Å². The number of nitro benzene ring substituents is 1. The fraction of sp³-hybridized carbons (Fsp3) is 0.118. The Labute approximate surface area is 132 Å². The molecule has 116 valence electrons. The summed E-state index contributed by atoms with van der Waals surface area (Å²) in [5, 5.41) is 12.4. The Morgan fingerprint density at radius 1 is 1.13 bits per heavy atom. The molecule has 0 spiro atoms. The molecule has 0 fully saturated rings. The lowest BCUT2D eigenvalue weighted by Crippen LogP contribution is -2.03. The van der Waals surface area contributed by atoms with Crippen LogP contribution in [0.3, 0.4) is 0 Å². The van der Waals surface area contributed by atoms with E-state index in [1.165, 1.54) is 6.07 Å². The van der Waals surface area contributed by atoms with Crippen molar-refractivity contribution < 1.29 is 9.66 Å². The molecular weight excluding hydrogens is 294 g/mol. The summed E-state index contributed by atoms with van der Waals surface area (Å²) in [6, 6.07) is 14.0. The Balaban J connectivity index is 1.81. The van der Waals surface area contributed by atoms with Gasteiger partial charge in [0.25, 0.3) is 5.69 Å². The van der Waals surface area contributed by atoms with Crippen molar-refractivity contribution in [3.8, 4) is 5.75 Å². The third-order valence-corrected chi connectivity index (χ3v) is 3.55. The van der Waals surface area contributed by atoms with Crippen LogP contribution in [0.15, 0.2) is 54.7 Å². The first kappa shape index (κ1) is 14.8. The number of fused-ring (bicyclic) bond motifs is 1. The average molecular weight is 309 g/mol. The second kappa shape index (κ2) is 6.31. The number of anilines is 1. The topological polar surface area (TPSA) is 91.3 Å². The molecule has 0 atom stereocenters. The molecule has 23 heavy (non-hydrogen) atoms. The maximum absolute atomic E-state index is 11.1. The summed E-state index contributed by atoms with van der Waals surface area (Å²) in [7, 11) is 0. The highest BCUT2D eigenvalue weighted by Crippen LogP contribution is 2.32. The van der Waals surface area contributed by atoms with E-state index in [0.29, 0.717) is 30.0 Å². The van der Waals surface area contributed by atoms with Gasteiger partial charge in [-0.05, 0) is 29.8 Å². The third-order valence-electron chi connectivity index (χ3n) is 3.55. The highest BCUT2D eigenvalue weighted by atomic mass is 16.6. The Kier molecular flexibility index (Phi) is 4.05. The summed E-state index contributed by atoms with van der Waals surface area (Å²) in [5.41, 5.74) is 6.75. The molecule has 2 N–H and O–H groups in total. The van der Waals surface area contributed by atoms with Crippen LogP contribution in [0.2, 0.25) is 0 Å². The molecule has 0 amide bonds. The van der Waals surface area contributed by atoms with E-state index in [1.807, 2.05) is 18.2 Å². The summed E-state index contributed by atoms with van der Waals surface area (Å²) in [5.74, 6) is 1.11. The smallest absolute Gasteiger partial charge is 0.277 e. The number of rotatable bonds is 5. The monoisotopic (exact) mass is 309 g/mol. The maximum atomic E-state index is 11.1. The summed E-state index contributed by atoms with van der Waals surface area (Å²) in [4.78, 5) is 14.7. The van der Waals surface area contributed by atoms with Crippen LogP contribution in [0.4, 0.5) is 11.5 Å². The maximum Gasteiger partial charge on any atom is 0.277 e. The number of aromatic nitrogens is 1. The van der Waals surface area contributed by atoms with Crippen LogP contribution in [-0.2, 0) is 6.42 Å². The molecule has 1 heterocycles. The molecule has 0 saturated heterocycles. The molecule has 3 aromatic rings. The molecule has 0 unspecified atom stereocenters. The highest BCUT2D eigenvalue weighted by Gasteiger charge is 2.14. The van der Waals surface area contributed by atoms with Gasteiger partial charge in [0, 0.05) is 24.1 Å². The van der Waals surface area contributed by atoms with Crippen LogP contribution < -0.4 is 10.5 Å². The van der Waals surface area contributed by atoms with E-state index >= 15 is 0 Å². The van der Waals surface area contributed by atoms with Crippen molar-refractivity contribution in [1.82, 2.24) is 4.98 Å². The van der Waals surface area contributed by atoms with Gasteiger partial charge in [0.2, 0.25) is 0 Å². The average Bonchev–Trinajstić information content (AvgIpc) is 2.55. The van der Waals surface area contributed by atoms with Gasteiger partial charge in [0.05, 0.1) is 16.9 Å². The third kappa shape index (κ3) is 3.21. The molecule has 6 heteroatoms. The van der Waals surface area contributed by atoms with Crippen LogP contribution >= 0.6 is 0 Å². The summed E-state index contributed by atoms with van der Waals surface area (Å²) in [6.07, 6.45) is 2.34. The minimum atomic E-state index is -0.383. The quantitative estimate of drug-likeness (QED) is 0.576. The van der Waals surface area contributed by atoms with E-state index in [2.05, 4.69) is 4.98 Å². The molecular formula is C17H15N3O3. The number of pyridine rings is 1. The molecule has 0 radical (unpaired) electrons. The van der Waals surface area contributed by atoms with Crippen molar-refractivity contribution >= 4 is 22.3 Å². The number of nitrogens with two attached hydrogens (primary N) is 1. The molecule has 0 aliphatic heterocycles. The van der Waals surface area contributed by atoms with E-state index in [1.54, 1.807) is 30.5 Å². The lowest BCUT2D eigenvalue weighted by atomic mass is 10.1. The van der Waals surface area contributed by atoms with Gasteiger partial charge in [-0.1, -0.05) is 18.2 Å². The zero-order valence-electron chi connectivity index (χ0n) is 12.3. The van der Waals surface area contributed by atoms with Gasteiger partial charge < -0.3 is 10.5 Å². The SMILES string of the molecule is Nc1cc(CCOc2ccc([N+](=O)[O-])c3ccccc23)ccn1. The predicted molar refractivity (Wildman–Crippen MR) is 88.5 cm³/mol. The van der Waals surface area contributed by atoms with Gasteiger partial charge in [-0.3, -0.25) is 10.1 Å². The van der Waals surface area contributed by atoms with Crippen molar-refractivity contribution in [1.29, 1.82) is 0 Å². The van der Waals surface area contributed by atoms with Crippen LogP contribution in [0.5, 0.6) is 5.75 Å². The molecule has 0 aliphatic rings. The predicted octanol–water partition coefficient (Wildman–Crippen LogP) is 3.35. The molecule has 0 aliphatic carbocycles. The number of nitro groups is 1. The first-order valence-electron chi connectivity index (χ1n) is 7.14. The van der Waals surface area contributed by atoms with Gasteiger partial charge >= 0.3 is 0 Å². The Morgan fingerprint density at radius 3 is 2.65 bits per heavy atom. The molecule has 0 bridgehead atoms. The highest BCUT2D eigenvalue weighted by molar-refractivity contribution is 5.95. The van der Waals surface area contributed by atoms with E-state index in [-0.39, 0.29) is 10.6 Å². The van der Waals surface area contributed by atoms with Crippen molar-refractivity contribution in [2.45, 2.75) is 6.42 Å². The van der Waals surface area contributed by atoms with E-state index < -0.39 is 0 Å². The summed E-state index contributed by atoms with van der Waals surface area (Å²) in [6.45, 7) is 0.450. The second-order valence-corrected chi connectivity index (χ2v) is 5.07. The molecule has 2 aromatic carbocycles. The van der Waals surface area contributed by atoms with Crippen LogP contribution in [0.1, 0.15) is 5.56 Å². The number of nitrogens with zero attached hydrogens (tertiary/aromatic N) is 2. The standard InChI is InChI=1S/C17H15N3O3/c18-17-11-12(7-9-19-17)8-10-23-16-6-5-15(20(21)22)13-3-1-2-4-14(13)16/h1-7,9,11H,8,10H2,(H2,18,19). The molecule has 0 saturated carbocycles. The minimum absolute atomic E-state index is 0.0786. The van der Waals surface area contributed by atoms with Gasteiger partial charge in [-0.2, -0.15) is 0 Å².